The van der Waals surface area contributed by atoms with E-state index in [0.29, 0.717) is 18.4 Å². The number of nitrogen functional groups attached to an aromatic ring is 1. The van der Waals surface area contributed by atoms with Crippen molar-refractivity contribution in [2.75, 3.05) is 11.1 Å². The summed E-state index contributed by atoms with van der Waals surface area (Å²) >= 11 is 0. The molecule has 0 fully saturated rings. The van der Waals surface area contributed by atoms with Crippen LogP contribution in [0, 0.1) is 5.82 Å². The first-order valence-corrected chi connectivity index (χ1v) is 13.6. The molecule has 0 saturated heterocycles. The Bertz CT molecular complexity index is 2120. The van der Waals surface area contributed by atoms with E-state index in [1.807, 2.05) is 0 Å². The number of halogens is 1. The molecule has 5 aromatic rings. The lowest BCUT2D eigenvalue weighted by Gasteiger charge is -2.15. The number of rotatable bonds is 9. The Morgan fingerprint density at radius 3 is 2.60 bits per heavy atom. The maximum absolute atomic E-state index is 14.4. The van der Waals surface area contributed by atoms with Gasteiger partial charge in [0.25, 0.3) is 22.7 Å². The Morgan fingerprint density at radius 2 is 1.84 bits per heavy atom. The average molecular weight is 614 g/mol. The molecule has 6 rings (SSSR count). The number of nitrogens with two attached hydrogens (primary N) is 1. The number of anilines is 2. The molecule has 3 aromatic carbocycles. The average Bonchev–Trinajstić information content (AvgIpc) is 3.62. The molecule has 2 heterocycles. The van der Waals surface area contributed by atoms with E-state index in [2.05, 4.69) is 26.0 Å². The van der Waals surface area contributed by atoms with Crippen molar-refractivity contribution in [1.82, 2.24) is 25.2 Å². The molecular weight excluding hydrogens is 589 g/mol. The van der Waals surface area contributed by atoms with Crippen LogP contribution in [-0.4, -0.2) is 42.6 Å². The largest absolute Gasteiger partial charge is 0.503 e. The molecule has 15 heteroatoms. The zero-order chi connectivity index (χ0) is 32.0. The van der Waals surface area contributed by atoms with E-state index in [0.717, 1.165) is 21.8 Å². The smallest absolute Gasteiger partial charge is 0.335 e. The molecule has 1 aliphatic carbocycles. The Kier molecular flexibility index (Phi) is 7.20. The Labute approximate surface area is 252 Å². The van der Waals surface area contributed by atoms with Gasteiger partial charge in [-0.25, -0.2) is 18.7 Å². The van der Waals surface area contributed by atoms with Crippen LogP contribution in [0.4, 0.5) is 15.8 Å². The molecule has 0 unspecified atom stereocenters. The third-order valence-electron chi connectivity index (χ3n) is 7.66. The van der Waals surface area contributed by atoms with Crippen molar-refractivity contribution in [3.05, 3.63) is 114 Å². The predicted octanol–water partition coefficient (Wildman–Crippen LogP) is 1.41. The minimum absolute atomic E-state index is 0.0653. The van der Waals surface area contributed by atoms with Gasteiger partial charge >= 0.3 is 5.97 Å². The monoisotopic (exact) mass is 613 g/mol. The first kappa shape index (κ1) is 29.0. The highest BCUT2D eigenvalue weighted by molar-refractivity contribution is 5.98. The maximum Gasteiger partial charge on any atom is 0.335 e. The molecule has 7 N–H and O–H groups in total. The molecule has 45 heavy (non-hydrogen) atoms. The molecule has 0 bridgehead atoms. The maximum atomic E-state index is 14.4. The fourth-order valence-electron chi connectivity index (χ4n) is 5.28. The molecule has 0 radical (unpaired) electrons. The second-order valence-electron chi connectivity index (χ2n) is 10.5. The zero-order valence-corrected chi connectivity index (χ0v) is 23.3. The number of hydrogen-bond acceptors (Lipinski definition) is 10. The minimum atomic E-state index is -1.05. The van der Waals surface area contributed by atoms with Crippen molar-refractivity contribution in [2.45, 2.75) is 32.0 Å². The van der Waals surface area contributed by atoms with Crippen molar-refractivity contribution < 1.29 is 29.0 Å². The van der Waals surface area contributed by atoms with E-state index in [4.69, 9.17) is 5.73 Å². The van der Waals surface area contributed by atoms with Crippen LogP contribution in [0.15, 0.2) is 58.3 Å². The summed E-state index contributed by atoms with van der Waals surface area (Å²) in [7, 11) is 0. The number of aromatic nitrogens is 3. The van der Waals surface area contributed by atoms with Gasteiger partial charge in [0.15, 0.2) is 11.4 Å². The van der Waals surface area contributed by atoms with E-state index in [-0.39, 0.29) is 58.4 Å². The number of amides is 2. The molecule has 2 amide bonds. The summed E-state index contributed by atoms with van der Waals surface area (Å²) in [4.78, 5) is 65.0. The van der Waals surface area contributed by atoms with Gasteiger partial charge in [0, 0.05) is 24.7 Å². The fraction of sp³-hybridized carbons (Fsp3) is 0.167. The summed E-state index contributed by atoms with van der Waals surface area (Å²) in [6.07, 6.45) is 2.18. The van der Waals surface area contributed by atoms with Crippen molar-refractivity contribution in [1.29, 1.82) is 0 Å². The lowest BCUT2D eigenvalue weighted by molar-refractivity contribution is 0.0696. The first-order chi connectivity index (χ1) is 21.5. The lowest BCUT2D eigenvalue weighted by Crippen LogP contribution is -2.37. The molecular formula is C30H24FN7O7. The number of fused-ring (bicyclic) bond motifs is 2. The van der Waals surface area contributed by atoms with E-state index in [9.17, 15) is 38.6 Å². The van der Waals surface area contributed by atoms with E-state index >= 15 is 0 Å². The number of nitrogens with one attached hydrogen (secondary N) is 3. The van der Waals surface area contributed by atoms with Gasteiger partial charge in [-0.2, -0.15) is 5.10 Å². The van der Waals surface area contributed by atoms with Crippen molar-refractivity contribution >= 4 is 34.8 Å². The highest BCUT2D eigenvalue weighted by Crippen LogP contribution is 2.32. The van der Waals surface area contributed by atoms with Crippen molar-refractivity contribution in [3.63, 3.8) is 0 Å². The summed E-state index contributed by atoms with van der Waals surface area (Å²) < 4.78 is 15.5. The Balaban J connectivity index is 1.18. The van der Waals surface area contributed by atoms with E-state index in [1.165, 1.54) is 30.3 Å². The quantitative estimate of drug-likeness (QED) is 0.131. The number of carboxylic acids is 1. The summed E-state index contributed by atoms with van der Waals surface area (Å²) in [6, 6.07) is 9.61. The van der Waals surface area contributed by atoms with Crippen LogP contribution in [-0.2, 0) is 19.5 Å². The van der Waals surface area contributed by atoms with E-state index < -0.39 is 40.5 Å². The molecule has 0 saturated carbocycles. The molecule has 1 aliphatic rings. The minimum Gasteiger partial charge on any atom is -0.503 e. The summed E-state index contributed by atoms with van der Waals surface area (Å²) in [6.45, 7) is -0.199. The summed E-state index contributed by atoms with van der Waals surface area (Å²) in [5.74, 6) is -3.28. The number of aromatic carboxylic acids is 1. The second-order valence-corrected chi connectivity index (χ2v) is 10.5. The molecule has 0 spiro atoms. The molecule has 14 nitrogen and oxygen atoms in total. The summed E-state index contributed by atoms with van der Waals surface area (Å²) in [5.41, 5.74) is 5.63. The number of carbonyl (C=O) groups is 3. The SMILES string of the molecule is Nc1c(NCc2cc(CNC(=O)c3cc(C(=O)N[C@H]4CCc5cc(C(=O)O)ccc54)nc4c(O)cnn34)ccc2F)c(=O)c1=O. The first-order valence-electron chi connectivity index (χ1n) is 13.6. The molecule has 1 atom stereocenters. The number of aromatic hydroxyl groups is 1. The molecule has 2 aromatic heterocycles. The standard InChI is InChI=1S/C30H24FN7O7/c31-18-5-1-13(7-16(18)11-33-24-23(32)25(40)26(24)41)10-34-29(43)21-9-20(36-27-22(39)12-35-38(21)27)28(42)37-19-6-3-14-8-15(30(44)45)2-4-17(14)19/h1-2,4-5,7-9,12,19,33,39H,3,6,10-11,32H2,(H,34,43)(H,37,42)(H,44,45)/t19-/m0/s1. The van der Waals surface area contributed by atoms with Crippen LogP contribution in [0.1, 0.15) is 66.1 Å². The number of hydrogen-bond donors (Lipinski definition) is 6. The Hall–Kier alpha value is -6.12. The fourth-order valence-corrected chi connectivity index (χ4v) is 5.28. The van der Waals surface area contributed by atoms with Gasteiger partial charge in [-0.1, -0.05) is 12.1 Å². The number of aryl methyl sites for hydroxylation is 1. The number of carboxylic acid groups (broad SMARTS) is 1. The van der Waals surface area contributed by atoms with Crippen LogP contribution in [0.25, 0.3) is 5.65 Å². The summed E-state index contributed by atoms with van der Waals surface area (Å²) in [5, 5.41) is 31.7. The van der Waals surface area contributed by atoms with Gasteiger partial charge in [0.2, 0.25) is 0 Å². The number of carbonyl (C=O) groups excluding carboxylic acids is 2. The third kappa shape index (κ3) is 5.30. The highest BCUT2D eigenvalue weighted by atomic mass is 19.1. The number of benzene rings is 2. The van der Waals surface area contributed by atoms with Crippen LogP contribution in [0.5, 0.6) is 5.75 Å². The lowest BCUT2D eigenvalue weighted by atomic mass is 10.0. The molecule has 228 valence electrons. The normalized spacial score (nSPS) is 13.9. The predicted molar refractivity (Wildman–Crippen MR) is 157 cm³/mol. The van der Waals surface area contributed by atoms with Crippen LogP contribution in [0.2, 0.25) is 0 Å². The van der Waals surface area contributed by atoms with Crippen LogP contribution in [0.3, 0.4) is 0 Å². The van der Waals surface area contributed by atoms with Gasteiger partial charge in [-0.15, -0.1) is 0 Å². The van der Waals surface area contributed by atoms with Gasteiger partial charge in [-0.3, -0.25) is 19.2 Å². The van der Waals surface area contributed by atoms with Gasteiger partial charge in [0.1, 0.15) is 28.6 Å². The molecule has 0 aliphatic heterocycles. The number of nitrogens with zero attached hydrogens (tertiary/aromatic N) is 3. The van der Waals surface area contributed by atoms with E-state index in [1.54, 1.807) is 12.1 Å². The van der Waals surface area contributed by atoms with Crippen molar-refractivity contribution in [3.8, 4) is 5.75 Å². The van der Waals surface area contributed by atoms with Crippen molar-refractivity contribution in [2.24, 2.45) is 0 Å². The highest BCUT2D eigenvalue weighted by Gasteiger charge is 2.27. The third-order valence-corrected chi connectivity index (χ3v) is 7.66. The van der Waals surface area contributed by atoms with Crippen LogP contribution < -0.4 is 32.5 Å². The van der Waals surface area contributed by atoms with Gasteiger partial charge in [-0.05, 0) is 53.8 Å². The zero-order valence-electron chi connectivity index (χ0n) is 23.3. The topological polar surface area (TPSA) is 218 Å². The second kappa shape index (κ2) is 11.2. The Morgan fingerprint density at radius 1 is 1.04 bits per heavy atom. The van der Waals surface area contributed by atoms with Gasteiger partial charge in [0.05, 0.1) is 17.8 Å². The van der Waals surface area contributed by atoms with Gasteiger partial charge < -0.3 is 31.9 Å². The van der Waals surface area contributed by atoms with Crippen LogP contribution >= 0.6 is 0 Å².